The van der Waals surface area contributed by atoms with E-state index in [2.05, 4.69) is 11.3 Å². The van der Waals surface area contributed by atoms with Crippen molar-refractivity contribution in [3.63, 3.8) is 0 Å². The van der Waals surface area contributed by atoms with E-state index in [9.17, 15) is 4.79 Å². The van der Waals surface area contributed by atoms with Gasteiger partial charge in [0.1, 0.15) is 18.1 Å². The summed E-state index contributed by atoms with van der Waals surface area (Å²) in [5.74, 6) is 1.10. The Hall–Kier alpha value is -1.97. The molecule has 0 unspecified atom stereocenters. The molecule has 0 spiro atoms. The number of hydrogen-bond acceptors (Lipinski definition) is 4. The highest BCUT2D eigenvalue weighted by Gasteiger charge is 2.04. The van der Waals surface area contributed by atoms with Crippen molar-refractivity contribution >= 4 is 6.16 Å². The van der Waals surface area contributed by atoms with Crippen molar-refractivity contribution in [3.05, 3.63) is 36.9 Å². The van der Waals surface area contributed by atoms with E-state index in [0.717, 1.165) is 0 Å². The van der Waals surface area contributed by atoms with Crippen molar-refractivity contribution in [2.24, 2.45) is 0 Å². The molecule has 0 amide bonds. The highest BCUT2D eigenvalue weighted by Crippen LogP contribution is 2.17. The van der Waals surface area contributed by atoms with Crippen LogP contribution in [0.4, 0.5) is 4.79 Å². The summed E-state index contributed by atoms with van der Waals surface area (Å²) < 4.78 is 14.4. The second-order valence-electron chi connectivity index (χ2n) is 2.63. The van der Waals surface area contributed by atoms with Crippen molar-refractivity contribution < 1.29 is 19.0 Å². The zero-order valence-corrected chi connectivity index (χ0v) is 8.43. The van der Waals surface area contributed by atoms with Gasteiger partial charge in [-0.2, -0.15) is 0 Å². The molecule has 4 heteroatoms. The molecule has 0 radical (unpaired) electrons. The number of benzene rings is 1. The first-order valence-electron chi connectivity index (χ1n) is 4.36. The number of hydrogen-bond donors (Lipinski definition) is 0. The van der Waals surface area contributed by atoms with Crippen molar-refractivity contribution in [3.8, 4) is 11.5 Å². The molecule has 0 saturated heterocycles. The van der Waals surface area contributed by atoms with Crippen LogP contribution in [0.2, 0.25) is 0 Å². The molecule has 0 aliphatic heterocycles. The second-order valence-corrected chi connectivity index (χ2v) is 2.63. The van der Waals surface area contributed by atoms with E-state index in [-0.39, 0.29) is 6.61 Å². The lowest BCUT2D eigenvalue weighted by molar-refractivity contribution is 0.109. The Labute approximate surface area is 88.1 Å². The SMILES string of the molecule is C=CCOC(=O)Oc1ccc(OC)cc1. The lowest BCUT2D eigenvalue weighted by atomic mass is 10.3. The highest BCUT2D eigenvalue weighted by atomic mass is 16.7. The van der Waals surface area contributed by atoms with Crippen LogP contribution in [0.3, 0.4) is 0 Å². The van der Waals surface area contributed by atoms with E-state index in [0.29, 0.717) is 11.5 Å². The van der Waals surface area contributed by atoms with E-state index in [1.807, 2.05) is 0 Å². The topological polar surface area (TPSA) is 44.8 Å². The van der Waals surface area contributed by atoms with Gasteiger partial charge >= 0.3 is 6.16 Å². The molecule has 80 valence electrons. The Morgan fingerprint density at radius 3 is 2.47 bits per heavy atom. The van der Waals surface area contributed by atoms with Gasteiger partial charge in [-0.25, -0.2) is 4.79 Å². The van der Waals surface area contributed by atoms with Gasteiger partial charge in [-0.1, -0.05) is 12.7 Å². The molecule has 15 heavy (non-hydrogen) atoms. The fraction of sp³-hybridized carbons (Fsp3) is 0.182. The summed E-state index contributed by atoms with van der Waals surface area (Å²) >= 11 is 0. The number of ether oxygens (including phenoxy) is 3. The number of methoxy groups -OCH3 is 1. The Morgan fingerprint density at radius 1 is 1.33 bits per heavy atom. The number of rotatable bonds is 4. The minimum absolute atomic E-state index is 0.134. The predicted molar refractivity (Wildman–Crippen MR) is 55.2 cm³/mol. The molecule has 0 aliphatic rings. The summed E-state index contributed by atoms with van der Waals surface area (Å²) in [4.78, 5) is 11.0. The third-order valence-corrected chi connectivity index (χ3v) is 1.58. The normalized spacial score (nSPS) is 9.13. The summed E-state index contributed by atoms with van der Waals surface area (Å²) in [6.07, 6.45) is 0.718. The van der Waals surface area contributed by atoms with Crippen molar-refractivity contribution in [1.29, 1.82) is 0 Å². The van der Waals surface area contributed by atoms with Crippen LogP contribution >= 0.6 is 0 Å². The predicted octanol–water partition coefficient (Wildman–Crippen LogP) is 2.40. The van der Waals surface area contributed by atoms with Crippen LogP contribution in [0.1, 0.15) is 0 Å². The van der Waals surface area contributed by atoms with Gasteiger partial charge in [0.05, 0.1) is 7.11 Å². The number of carbonyl (C=O) groups is 1. The Balaban J connectivity index is 2.49. The largest absolute Gasteiger partial charge is 0.514 e. The average Bonchev–Trinajstić information content (AvgIpc) is 2.27. The maximum atomic E-state index is 11.0. The van der Waals surface area contributed by atoms with E-state index >= 15 is 0 Å². The first-order chi connectivity index (χ1) is 7.26. The summed E-state index contributed by atoms with van der Waals surface area (Å²) in [5.41, 5.74) is 0. The first-order valence-corrected chi connectivity index (χ1v) is 4.36. The molecular weight excluding hydrogens is 196 g/mol. The molecule has 0 aromatic heterocycles. The van der Waals surface area contributed by atoms with Gasteiger partial charge < -0.3 is 14.2 Å². The van der Waals surface area contributed by atoms with Crippen LogP contribution in [-0.2, 0) is 4.74 Å². The zero-order chi connectivity index (χ0) is 11.1. The van der Waals surface area contributed by atoms with Gasteiger partial charge in [0.25, 0.3) is 0 Å². The quantitative estimate of drug-likeness (QED) is 0.433. The van der Waals surface area contributed by atoms with Crippen LogP contribution < -0.4 is 9.47 Å². The Morgan fingerprint density at radius 2 is 1.93 bits per heavy atom. The van der Waals surface area contributed by atoms with Crippen molar-refractivity contribution in [2.45, 2.75) is 0 Å². The molecule has 1 rings (SSSR count). The van der Waals surface area contributed by atoms with Gasteiger partial charge in [-0.3, -0.25) is 0 Å². The molecule has 0 saturated carbocycles. The third-order valence-electron chi connectivity index (χ3n) is 1.58. The molecule has 0 aliphatic carbocycles. The summed E-state index contributed by atoms with van der Waals surface area (Å²) in [7, 11) is 1.56. The molecule has 0 heterocycles. The summed E-state index contributed by atoms with van der Waals surface area (Å²) in [6.45, 7) is 3.55. The van der Waals surface area contributed by atoms with Crippen LogP contribution in [0.5, 0.6) is 11.5 Å². The lowest BCUT2D eigenvalue weighted by Gasteiger charge is -2.04. The van der Waals surface area contributed by atoms with Gasteiger partial charge in [-0.05, 0) is 24.3 Å². The fourth-order valence-electron chi connectivity index (χ4n) is 0.896. The molecular formula is C11H12O4. The maximum Gasteiger partial charge on any atom is 0.514 e. The van der Waals surface area contributed by atoms with Gasteiger partial charge in [0, 0.05) is 0 Å². The zero-order valence-electron chi connectivity index (χ0n) is 8.43. The van der Waals surface area contributed by atoms with Crippen LogP contribution in [0.25, 0.3) is 0 Å². The first kappa shape index (κ1) is 11.1. The van der Waals surface area contributed by atoms with E-state index < -0.39 is 6.16 Å². The third kappa shape index (κ3) is 3.72. The standard InChI is InChI=1S/C11H12O4/c1-3-8-14-11(12)15-10-6-4-9(13-2)5-7-10/h3-7H,1,8H2,2H3. The lowest BCUT2D eigenvalue weighted by Crippen LogP contribution is -2.10. The molecule has 0 bridgehead atoms. The molecule has 1 aromatic rings. The molecule has 0 fully saturated rings. The summed E-state index contributed by atoms with van der Waals surface area (Å²) in [6, 6.07) is 6.62. The van der Waals surface area contributed by atoms with Gasteiger partial charge in [0.15, 0.2) is 0 Å². The average molecular weight is 208 g/mol. The second kappa shape index (κ2) is 5.70. The maximum absolute atomic E-state index is 11.0. The Kier molecular flexibility index (Phi) is 4.22. The van der Waals surface area contributed by atoms with Crippen molar-refractivity contribution in [1.82, 2.24) is 0 Å². The molecule has 0 N–H and O–H groups in total. The van der Waals surface area contributed by atoms with E-state index in [1.165, 1.54) is 6.08 Å². The fourth-order valence-corrected chi connectivity index (χ4v) is 0.896. The van der Waals surface area contributed by atoms with Gasteiger partial charge in [0.2, 0.25) is 0 Å². The minimum atomic E-state index is -0.750. The molecule has 1 aromatic carbocycles. The van der Waals surface area contributed by atoms with Crippen LogP contribution in [0, 0.1) is 0 Å². The number of carbonyl (C=O) groups excluding carboxylic acids is 1. The van der Waals surface area contributed by atoms with Gasteiger partial charge in [-0.15, -0.1) is 0 Å². The van der Waals surface area contributed by atoms with E-state index in [4.69, 9.17) is 9.47 Å². The van der Waals surface area contributed by atoms with Crippen molar-refractivity contribution in [2.75, 3.05) is 13.7 Å². The smallest absolute Gasteiger partial charge is 0.497 e. The summed E-state index contributed by atoms with van der Waals surface area (Å²) in [5, 5.41) is 0. The molecule has 4 nitrogen and oxygen atoms in total. The highest BCUT2D eigenvalue weighted by molar-refractivity contribution is 5.63. The minimum Gasteiger partial charge on any atom is -0.497 e. The molecule has 0 atom stereocenters. The van der Waals surface area contributed by atoms with E-state index in [1.54, 1.807) is 31.4 Å². The van der Waals surface area contributed by atoms with Crippen LogP contribution in [-0.4, -0.2) is 19.9 Å². The van der Waals surface area contributed by atoms with Crippen LogP contribution in [0.15, 0.2) is 36.9 Å². The Bertz CT molecular complexity index is 329. The monoisotopic (exact) mass is 208 g/mol.